The summed E-state index contributed by atoms with van der Waals surface area (Å²) < 4.78 is 20.2. The van der Waals surface area contributed by atoms with Gasteiger partial charge in [-0.1, -0.05) is 0 Å². The second kappa shape index (κ2) is 4.40. The van der Waals surface area contributed by atoms with Gasteiger partial charge in [0.2, 0.25) is 5.95 Å². The van der Waals surface area contributed by atoms with Crippen LogP contribution < -0.4 is 10.5 Å². The fourth-order valence-corrected chi connectivity index (χ4v) is 1.42. The van der Waals surface area contributed by atoms with Crippen LogP contribution in [0.3, 0.4) is 0 Å². The number of rotatable bonds is 3. The molecule has 0 atom stereocenters. The molecule has 0 spiro atoms. The van der Waals surface area contributed by atoms with Crippen molar-refractivity contribution in [2.45, 2.75) is 20.0 Å². The average molecular weight is 236 g/mol. The van der Waals surface area contributed by atoms with E-state index >= 15 is 0 Å². The van der Waals surface area contributed by atoms with Crippen LogP contribution in [0.25, 0.3) is 5.69 Å². The molecule has 0 bridgehead atoms. The largest absolute Gasteiger partial charge is 0.491 e. The number of nitrogen functional groups attached to an aromatic ring is 1. The second-order valence-corrected chi connectivity index (χ2v) is 3.86. The van der Waals surface area contributed by atoms with Gasteiger partial charge >= 0.3 is 0 Å². The number of hydrogen-bond donors (Lipinski definition) is 1. The summed E-state index contributed by atoms with van der Waals surface area (Å²) in [6.07, 6.45) is 1.40. The molecule has 0 amide bonds. The predicted octanol–water partition coefficient (Wildman–Crippen LogP) is 1.78. The van der Waals surface area contributed by atoms with E-state index in [0.717, 1.165) is 0 Å². The summed E-state index contributed by atoms with van der Waals surface area (Å²) in [7, 11) is 0. The summed E-state index contributed by atoms with van der Waals surface area (Å²) in [5, 5.41) is 3.90. The van der Waals surface area contributed by atoms with Gasteiger partial charge in [-0.15, -0.1) is 5.10 Å². The molecule has 0 saturated heterocycles. The van der Waals surface area contributed by atoms with Crippen molar-refractivity contribution in [2.24, 2.45) is 0 Å². The lowest BCUT2D eigenvalue weighted by molar-refractivity contribution is 0.241. The van der Waals surface area contributed by atoms with Gasteiger partial charge in [0, 0.05) is 12.1 Å². The Bertz CT molecular complexity index is 524. The summed E-state index contributed by atoms with van der Waals surface area (Å²) in [4.78, 5) is 3.78. The Balaban J connectivity index is 2.37. The van der Waals surface area contributed by atoms with E-state index in [4.69, 9.17) is 10.5 Å². The van der Waals surface area contributed by atoms with Gasteiger partial charge in [0.05, 0.1) is 11.8 Å². The Morgan fingerprint density at radius 3 is 2.71 bits per heavy atom. The van der Waals surface area contributed by atoms with Crippen molar-refractivity contribution < 1.29 is 9.13 Å². The number of nitrogens with two attached hydrogens (primary N) is 1. The molecule has 0 fully saturated rings. The van der Waals surface area contributed by atoms with Crippen molar-refractivity contribution in [3.8, 4) is 11.4 Å². The lowest BCUT2D eigenvalue weighted by Crippen LogP contribution is -2.06. The molecule has 0 unspecified atom stereocenters. The topological polar surface area (TPSA) is 66.0 Å². The first-order valence-electron chi connectivity index (χ1n) is 5.19. The number of benzene rings is 1. The SMILES string of the molecule is CC(C)Oc1cc(F)cc(-n2cnc(N)n2)c1. The molecule has 0 aliphatic rings. The molecule has 2 rings (SSSR count). The lowest BCUT2D eigenvalue weighted by atomic mass is 10.3. The van der Waals surface area contributed by atoms with Crippen LogP contribution in [0, 0.1) is 5.82 Å². The van der Waals surface area contributed by atoms with Gasteiger partial charge in [-0.05, 0) is 19.9 Å². The zero-order valence-electron chi connectivity index (χ0n) is 9.59. The van der Waals surface area contributed by atoms with Crippen LogP contribution in [0.5, 0.6) is 5.75 Å². The zero-order valence-corrected chi connectivity index (χ0v) is 9.59. The molecule has 90 valence electrons. The standard InChI is InChI=1S/C11H13FN4O/c1-7(2)17-10-4-8(12)3-9(5-10)16-6-14-11(13)15-16/h3-7H,1-2H3,(H2,13,15). The van der Waals surface area contributed by atoms with Crippen molar-refractivity contribution in [2.75, 3.05) is 5.73 Å². The summed E-state index contributed by atoms with van der Waals surface area (Å²) >= 11 is 0. The van der Waals surface area contributed by atoms with Crippen molar-refractivity contribution in [1.82, 2.24) is 14.8 Å². The number of halogens is 1. The van der Waals surface area contributed by atoms with Gasteiger partial charge in [-0.3, -0.25) is 0 Å². The lowest BCUT2D eigenvalue weighted by Gasteiger charge is -2.11. The van der Waals surface area contributed by atoms with E-state index < -0.39 is 5.82 Å². The monoisotopic (exact) mass is 236 g/mol. The van der Waals surface area contributed by atoms with Crippen LogP contribution in [0.1, 0.15) is 13.8 Å². The zero-order chi connectivity index (χ0) is 12.4. The predicted molar refractivity (Wildman–Crippen MR) is 61.5 cm³/mol. The van der Waals surface area contributed by atoms with E-state index in [1.54, 1.807) is 6.07 Å². The molecule has 17 heavy (non-hydrogen) atoms. The van der Waals surface area contributed by atoms with Crippen molar-refractivity contribution in [3.63, 3.8) is 0 Å². The molecule has 1 aromatic heterocycles. The number of ether oxygens (including phenoxy) is 1. The highest BCUT2D eigenvalue weighted by molar-refractivity contribution is 5.39. The van der Waals surface area contributed by atoms with Gasteiger partial charge in [-0.2, -0.15) is 0 Å². The van der Waals surface area contributed by atoms with E-state index in [2.05, 4.69) is 10.1 Å². The summed E-state index contributed by atoms with van der Waals surface area (Å²) in [5.74, 6) is 0.192. The first-order chi connectivity index (χ1) is 8.04. The molecule has 1 heterocycles. The number of aromatic nitrogens is 3. The van der Waals surface area contributed by atoms with Gasteiger partial charge in [-0.25, -0.2) is 14.1 Å². The van der Waals surface area contributed by atoms with Crippen molar-refractivity contribution in [1.29, 1.82) is 0 Å². The summed E-state index contributed by atoms with van der Waals surface area (Å²) in [5.41, 5.74) is 5.92. The summed E-state index contributed by atoms with van der Waals surface area (Å²) in [6.45, 7) is 3.75. The third-order valence-corrected chi connectivity index (χ3v) is 2.00. The molecular formula is C11H13FN4O. The van der Waals surface area contributed by atoms with Gasteiger partial charge in [0.1, 0.15) is 17.9 Å². The fraction of sp³-hybridized carbons (Fsp3) is 0.273. The molecule has 0 aliphatic heterocycles. The maximum atomic E-state index is 13.4. The third kappa shape index (κ3) is 2.72. The van der Waals surface area contributed by atoms with Crippen molar-refractivity contribution >= 4 is 5.95 Å². The molecule has 1 aromatic carbocycles. The van der Waals surface area contributed by atoms with Gasteiger partial charge in [0.25, 0.3) is 0 Å². The fourth-order valence-electron chi connectivity index (χ4n) is 1.42. The van der Waals surface area contributed by atoms with Crippen LogP contribution in [-0.4, -0.2) is 20.9 Å². The summed E-state index contributed by atoms with van der Waals surface area (Å²) in [6, 6.07) is 4.34. The Kier molecular flexibility index (Phi) is 2.95. The average Bonchev–Trinajstić information content (AvgIpc) is 2.62. The van der Waals surface area contributed by atoms with Crippen LogP contribution >= 0.6 is 0 Å². The highest BCUT2D eigenvalue weighted by Gasteiger charge is 2.06. The van der Waals surface area contributed by atoms with Crippen LogP contribution in [0.15, 0.2) is 24.5 Å². The molecule has 2 aromatic rings. The van der Waals surface area contributed by atoms with Gasteiger partial charge in [0.15, 0.2) is 0 Å². The Labute approximate surface area is 98.0 Å². The van der Waals surface area contributed by atoms with E-state index in [1.807, 2.05) is 13.8 Å². The van der Waals surface area contributed by atoms with Crippen LogP contribution in [0.2, 0.25) is 0 Å². The highest BCUT2D eigenvalue weighted by atomic mass is 19.1. The normalized spacial score (nSPS) is 10.8. The minimum atomic E-state index is -0.396. The Morgan fingerprint density at radius 1 is 1.35 bits per heavy atom. The maximum Gasteiger partial charge on any atom is 0.239 e. The second-order valence-electron chi connectivity index (χ2n) is 3.86. The van der Waals surface area contributed by atoms with E-state index in [9.17, 15) is 4.39 Å². The molecule has 5 nitrogen and oxygen atoms in total. The molecule has 0 radical (unpaired) electrons. The van der Waals surface area contributed by atoms with Crippen LogP contribution in [0.4, 0.5) is 10.3 Å². The molecule has 2 N–H and O–H groups in total. The third-order valence-electron chi connectivity index (χ3n) is 2.00. The number of anilines is 1. The first kappa shape index (κ1) is 11.4. The molecule has 0 aliphatic carbocycles. The number of hydrogen-bond acceptors (Lipinski definition) is 4. The smallest absolute Gasteiger partial charge is 0.239 e. The molecule has 6 heteroatoms. The number of nitrogens with zero attached hydrogens (tertiary/aromatic N) is 3. The molecule has 0 saturated carbocycles. The minimum absolute atomic E-state index is 0.0227. The Hall–Kier alpha value is -2.11. The van der Waals surface area contributed by atoms with Gasteiger partial charge < -0.3 is 10.5 Å². The maximum absolute atomic E-state index is 13.4. The Morgan fingerprint density at radius 2 is 2.12 bits per heavy atom. The quantitative estimate of drug-likeness (QED) is 0.882. The first-order valence-corrected chi connectivity index (χ1v) is 5.19. The van der Waals surface area contributed by atoms with E-state index in [1.165, 1.54) is 23.1 Å². The minimum Gasteiger partial charge on any atom is -0.491 e. The van der Waals surface area contributed by atoms with E-state index in [0.29, 0.717) is 11.4 Å². The molecular weight excluding hydrogens is 223 g/mol. The van der Waals surface area contributed by atoms with E-state index in [-0.39, 0.29) is 12.1 Å². The van der Waals surface area contributed by atoms with Crippen molar-refractivity contribution in [3.05, 3.63) is 30.3 Å². The highest BCUT2D eigenvalue weighted by Crippen LogP contribution is 2.20. The van der Waals surface area contributed by atoms with Crippen LogP contribution in [-0.2, 0) is 0 Å².